The Morgan fingerprint density at radius 1 is 1.17 bits per heavy atom. The zero-order chi connectivity index (χ0) is 13.0. The molecule has 3 nitrogen and oxygen atoms in total. The van der Waals surface area contributed by atoms with Gasteiger partial charge in [-0.15, -0.1) is 0 Å². The van der Waals surface area contributed by atoms with Crippen LogP contribution in [0.15, 0.2) is 47.4 Å². The van der Waals surface area contributed by atoms with E-state index in [1.54, 1.807) is 12.3 Å². The Morgan fingerprint density at radius 3 is 2.56 bits per heavy atom. The molecule has 0 aliphatic carbocycles. The van der Waals surface area contributed by atoms with Gasteiger partial charge in [-0.1, -0.05) is 37.3 Å². The van der Waals surface area contributed by atoms with E-state index >= 15 is 0 Å². The van der Waals surface area contributed by atoms with Gasteiger partial charge >= 0.3 is 0 Å². The van der Waals surface area contributed by atoms with Crippen molar-refractivity contribution in [2.45, 2.75) is 20.0 Å². The van der Waals surface area contributed by atoms with Crippen molar-refractivity contribution in [3.05, 3.63) is 64.1 Å². The molecule has 3 heteroatoms. The summed E-state index contributed by atoms with van der Waals surface area (Å²) < 4.78 is 7.62. The average Bonchev–Trinajstić information content (AvgIpc) is 2.41. The van der Waals surface area contributed by atoms with Crippen LogP contribution in [-0.4, -0.2) is 4.57 Å². The lowest BCUT2D eigenvalue weighted by Crippen LogP contribution is -2.14. The maximum Gasteiger partial charge on any atom is 0.223 e. The van der Waals surface area contributed by atoms with Crippen LogP contribution in [0.3, 0.4) is 0 Å². The van der Waals surface area contributed by atoms with Crippen molar-refractivity contribution >= 4 is 0 Å². The molecule has 0 saturated heterocycles. The van der Waals surface area contributed by atoms with Gasteiger partial charge in [0.1, 0.15) is 6.61 Å². The lowest BCUT2D eigenvalue weighted by atomic mass is 10.2. The number of nitrogens with zero attached hydrogens (tertiary/aromatic N) is 1. The van der Waals surface area contributed by atoms with Crippen LogP contribution in [0.4, 0.5) is 0 Å². The highest BCUT2D eigenvalue weighted by Gasteiger charge is 2.09. The molecule has 0 spiro atoms. The minimum Gasteiger partial charge on any atom is -0.483 e. The van der Waals surface area contributed by atoms with E-state index in [1.807, 2.05) is 48.9 Å². The molecule has 94 valence electrons. The summed E-state index contributed by atoms with van der Waals surface area (Å²) in [5.74, 6) is 0.464. The second kappa shape index (κ2) is 5.54. The molecule has 1 heterocycles. The molecule has 0 bridgehead atoms. The van der Waals surface area contributed by atoms with Gasteiger partial charge in [-0.05, 0) is 12.0 Å². The summed E-state index contributed by atoms with van der Waals surface area (Å²) in [7, 11) is 1.92. The minimum absolute atomic E-state index is 0.0547. The summed E-state index contributed by atoms with van der Waals surface area (Å²) in [5.41, 5.74) is 1.93. The topological polar surface area (TPSA) is 31.2 Å². The fraction of sp³-hybridized carbons (Fsp3) is 0.267. The molecule has 0 aliphatic heterocycles. The summed E-state index contributed by atoms with van der Waals surface area (Å²) in [6.07, 6.45) is 2.55. The molecule has 1 aromatic heterocycles. The first-order chi connectivity index (χ1) is 8.72. The van der Waals surface area contributed by atoms with Gasteiger partial charge in [-0.2, -0.15) is 0 Å². The number of benzene rings is 1. The van der Waals surface area contributed by atoms with Gasteiger partial charge in [0.15, 0.2) is 5.75 Å². The molecule has 18 heavy (non-hydrogen) atoms. The molecule has 0 radical (unpaired) electrons. The van der Waals surface area contributed by atoms with Gasteiger partial charge in [0.2, 0.25) is 5.43 Å². The van der Waals surface area contributed by atoms with Crippen molar-refractivity contribution in [2.75, 3.05) is 0 Å². The van der Waals surface area contributed by atoms with Crippen LogP contribution in [0.25, 0.3) is 0 Å². The number of rotatable bonds is 4. The van der Waals surface area contributed by atoms with E-state index < -0.39 is 0 Å². The Bertz CT molecular complexity index is 573. The number of pyridine rings is 1. The highest BCUT2D eigenvalue weighted by Crippen LogP contribution is 2.14. The van der Waals surface area contributed by atoms with Crippen LogP contribution in [0.1, 0.15) is 18.2 Å². The second-order valence-corrected chi connectivity index (χ2v) is 4.19. The van der Waals surface area contributed by atoms with Crippen LogP contribution < -0.4 is 10.2 Å². The Labute approximate surface area is 107 Å². The first-order valence-corrected chi connectivity index (χ1v) is 6.07. The van der Waals surface area contributed by atoms with E-state index in [4.69, 9.17) is 4.74 Å². The minimum atomic E-state index is -0.0547. The predicted molar refractivity (Wildman–Crippen MR) is 71.8 cm³/mol. The van der Waals surface area contributed by atoms with Gasteiger partial charge in [-0.25, -0.2) is 0 Å². The molecule has 2 aromatic rings. The number of ether oxygens (including phenoxy) is 1. The van der Waals surface area contributed by atoms with E-state index in [2.05, 4.69) is 0 Å². The third kappa shape index (κ3) is 2.62. The van der Waals surface area contributed by atoms with Crippen molar-refractivity contribution in [2.24, 2.45) is 7.05 Å². The molecule has 2 rings (SSSR count). The van der Waals surface area contributed by atoms with Crippen molar-refractivity contribution in [3.8, 4) is 5.75 Å². The second-order valence-electron chi connectivity index (χ2n) is 4.19. The van der Waals surface area contributed by atoms with Crippen LogP contribution in [0.2, 0.25) is 0 Å². The van der Waals surface area contributed by atoms with Crippen LogP contribution in [0.5, 0.6) is 5.75 Å². The number of aryl methyl sites for hydroxylation is 1. The first-order valence-electron chi connectivity index (χ1n) is 6.07. The standard InChI is InChI=1S/C15H17NO2/c1-3-13-15(14(17)9-10-16(13)2)18-11-12-7-5-4-6-8-12/h4-10H,3,11H2,1-2H3. The molecule has 0 amide bonds. The molecule has 0 fully saturated rings. The molecule has 0 unspecified atom stereocenters. The molecular weight excluding hydrogens is 226 g/mol. The Morgan fingerprint density at radius 2 is 1.89 bits per heavy atom. The van der Waals surface area contributed by atoms with Gasteiger partial charge in [0.05, 0.1) is 5.69 Å². The van der Waals surface area contributed by atoms with Crippen LogP contribution >= 0.6 is 0 Å². The first kappa shape index (κ1) is 12.4. The average molecular weight is 243 g/mol. The van der Waals surface area contributed by atoms with Crippen molar-refractivity contribution in [3.63, 3.8) is 0 Å². The quantitative estimate of drug-likeness (QED) is 0.826. The number of aromatic nitrogens is 1. The lowest BCUT2D eigenvalue weighted by molar-refractivity contribution is 0.296. The zero-order valence-corrected chi connectivity index (χ0v) is 10.7. The molecule has 0 aliphatic rings. The van der Waals surface area contributed by atoms with E-state index in [-0.39, 0.29) is 5.43 Å². The van der Waals surface area contributed by atoms with Gasteiger partial charge in [0, 0.05) is 19.3 Å². The fourth-order valence-corrected chi connectivity index (χ4v) is 1.94. The maximum absolute atomic E-state index is 11.8. The Hall–Kier alpha value is -2.03. The van der Waals surface area contributed by atoms with E-state index in [0.717, 1.165) is 17.7 Å². The molecule has 0 N–H and O–H groups in total. The van der Waals surface area contributed by atoms with Crippen LogP contribution in [-0.2, 0) is 20.1 Å². The van der Waals surface area contributed by atoms with Gasteiger partial charge in [0.25, 0.3) is 0 Å². The third-order valence-corrected chi connectivity index (χ3v) is 2.92. The van der Waals surface area contributed by atoms with E-state index in [9.17, 15) is 4.79 Å². The van der Waals surface area contributed by atoms with Crippen molar-refractivity contribution < 1.29 is 4.74 Å². The third-order valence-electron chi connectivity index (χ3n) is 2.92. The van der Waals surface area contributed by atoms with Gasteiger partial charge < -0.3 is 9.30 Å². The largest absolute Gasteiger partial charge is 0.483 e. The van der Waals surface area contributed by atoms with Gasteiger partial charge in [-0.3, -0.25) is 4.79 Å². The maximum atomic E-state index is 11.8. The number of hydrogen-bond acceptors (Lipinski definition) is 2. The van der Waals surface area contributed by atoms with E-state index in [0.29, 0.717) is 12.4 Å². The highest BCUT2D eigenvalue weighted by atomic mass is 16.5. The summed E-state index contributed by atoms with van der Waals surface area (Å²) in [5, 5.41) is 0. The Balaban J connectivity index is 2.24. The van der Waals surface area contributed by atoms with Crippen LogP contribution in [0, 0.1) is 0 Å². The fourth-order valence-electron chi connectivity index (χ4n) is 1.94. The highest BCUT2D eigenvalue weighted by molar-refractivity contribution is 5.28. The van der Waals surface area contributed by atoms with Crippen molar-refractivity contribution in [1.82, 2.24) is 4.57 Å². The zero-order valence-electron chi connectivity index (χ0n) is 10.7. The smallest absolute Gasteiger partial charge is 0.223 e. The molecule has 0 atom stereocenters. The summed E-state index contributed by atoms with van der Waals surface area (Å²) in [6.45, 7) is 2.44. The van der Waals surface area contributed by atoms with Crippen molar-refractivity contribution in [1.29, 1.82) is 0 Å². The molecular formula is C15H17NO2. The normalized spacial score (nSPS) is 10.3. The summed E-state index contributed by atoms with van der Waals surface area (Å²) in [4.78, 5) is 11.8. The molecule has 0 saturated carbocycles. The SMILES string of the molecule is CCc1c(OCc2ccccc2)c(=O)ccn1C. The lowest BCUT2D eigenvalue weighted by Gasteiger charge is -2.13. The summed E-state index contributed by atoms with van der Waals surface area (Å²) >= 11 is 0. The number of hydrogen-bond donors (Lipinski definition) is 0. The Kier molecular flexibility index (Phi) is 3.82. The summed E-state index contributed by atoms with van der Waals surface area (Å²) in [6, 6.07) is 11.4. The monoisotopic (exact) mass is 243 g/mol. The predicted octanol–water partition coefficient (Wildman–Crippen LogP) is 2.53. The molecule has 1 aromatic carbocycles. The van der Waals surface area contributed by atoms with E-state index in [1.165, 1.54) is 0 Å².